The number of allylic oxidation sites excluding steroid dienone is 2. The van der Waals surface area contributed by atoms with Crippen LogP contribution in [-0.2, 0) is 6.42 Å². The van der Waals surface area contributed by atoms with Gasteiger partial charge in [0.05, 0.1) is 8.07 Å². The maximum Gasteiger partial charge on any atom is 0.0728 e. The van der Waals surface area contributed by atoms with Gasteiger partial charge in [0.25, 0.3) is 0 Å². The summed E-state index contributed by atoms with van der Waals surface area (Å²) in [5.74, 6) is 0. The van der Waals surface area contributed by atoms with Gasteiger partial charge >= 0.3 is 0 Å². The molecular weight excluding hydrogens is 196 g/mol. The smallest absolute Gasteiger partial charge is 0.0728 e. The van der Waals surface area contributed by atoms with Crippen molar-refractivity contribution in [3.05, 3.63) is 46.7 Å². The van der Waals surface area contributed by atoms with E-state index < -0.39 is 8.07 Å². The van der Waals surface area contributed by atoms with Gasteiger partial charge in [-0.3, -0.25) is 0 Å². The van der Waals surface area contributed by atoms with Gasteiger partial charge in [-0.1, -0.05) is 60.7 Å². The van der Waals surface area contributed by atoms with Crippen LogP contribution in [0.2, 0.25) is 19.6 Å². The molecule has 0 amide bonds. The minimum atomic E-state index is -0.945. The van der Waals surface area contributed by atoms with Crippen molar-refractivity contribution in [3.8, 4) is 0 Å². The number of aryl methyl sites for hydroxylation is 1. The van der Waals surface area contributed by atoms with Crippen molar-refractivity contribution >= 4 is 8.07 Å². The summed E-state index contributed by atoms with van der Waals surface area (Å²) in [5, 5.41) is 1.83. The Balaban J connectivity index is 1.89. The molecule has 1 aromatic rings. The van der Waals surface area contributed by atoms with Gasteiger partial charge in [-0.15, -0.1) is 0 Å². The molecule has 0 saturated carbocycles. The van der Waals surface area contributed by atoms with Crippen LogP contribution in [0.1, 0.15) is 18.4 Å². The maximum absolute atomic E-state index is 2.46. The van der Waals surface area contributed by atoms with Crippen LogP contribution >= 0.6 is 0 Å². The van der Waals surface area contributed by atoms with Crippen LogP contribution in [0.4, 0.5) is 0 Å². The number of hydrogen-bond acceptors (Lipinski definition) is 0. The van der Waals surface area contributed by atoms with E-state index in [4.69, 9.17) is 0 Å². The lowest BCUT2D eigenvalue weighted by Gasteiger charge is -2.09. The molecule has 0 radical (unpaired) electrons. The molecule has 0 bridgehead atoms. The molecule has 1 aromatic carbocycles. The summed E-state index contributed by atoms with van der Waals surface area (Å²) < 4.78 is 0. The van der Waals surface area contributed by atoms with Gasteiger partial charge < -0.3 is 0 Å². The molecule has 0 unspecified atom stereocenters. The Bertz CT molecular complexity index is 368. The van der Waals surface area contributed by atoms with Crippen LogP contribution < -0.4 is 0 Å². The highest BCUT2D eigenvalue weighted by Crippen LogP contribution is 2.41. The van der Waals surface area contributed by atoms with Crippen LogP contribution in [0.5, 0.6) is 0 Å². The fourth-order valence-electron chi connectivity index (χ4n) is 2.14. The van der Waals surface area contributed by atoms with Crippen molar-refractivity contribution in [3.63, 3.8) is 0 Å². The van der Waals surface area contributed by atoms with E-state index in [0.717, 1.165) is 0 Å². The number of rotatable bonds is 4. The second-order valence-corrected chi connectivity index (χ2v) is 10.6. The average molecular weight is 216 g/mol. The van der Waals surface area contributed by atoms with E-state index in [9.17, 15) is 0 Å². The standard InChI is InChI=1S/C14H20Si/c1-15(2,3)14-11-13(14)10-9-12-7-5-4-6-8-12/h4-8H,9-11H2,1-3H3. The Morgan fingerprint density at radius 2 is 1.67 bits per heavy atom. The molecule has 0 nitrogen and oxygen atoms in total. The van der Waals surface area contributed by atoms with Crippen LogP contribution in [0, 0.1) is 0 Å². The quantitative estimate of drug-likeness (QED) is 0.662. The molecule has 80 valence electrons. The molecule has 0 atom stereocenters. The summed E-state index contributed by atoms with van der Waals surface area (Å²) in [7, 11) is -0.945. The molecular formula is C14H20Si. The Labute approximate surface area is 94.0 Å². The fourth-order valence-corrected chi connectivity index (χ4v) is 4.07. The Kier molecular flexibility index (Phi) is 2.83. The van der Waals surface area contributed by atoms with Gasteiger partial charge in [-0.25, -0.2) is 0 Å². The van der Waals surface area contributed by atoms with E-state index in [2.05, 4.69) is 50.0 Å². The van der Waals surface area contributed by atoms with E-state index in [1.165, 1.54) is 24.8 Å². The molecule has 2 rings (SSSR count). The highest BCUT2D eigenvalue weighted by molar-refractivity contribution is 6.84. The molecule has 0 heterocycles. The number of benzene rings is 1. The van der Waals surface area contributed by atoms with Gasteiger partial charge in [0.2, 0.25) is 0 Å². The van der Waals surface area contributed by atoms with Gasteiger partial charge in [-0.05, 0) is 24.8 Å². The van der Waals surface area contributed by atoms with Crippen molar-refractivity contribution in [2.24, 2.45) is 0 Å². The molecule has 0 aromatic heterocycles. The normalized spacial score (nSPS) is 15.7. The summed E-state index contributed by atoms with van der Waals surface area (Å²) in [6.07, 6.45) is 3.87. The van der Waals surface area contributed by atoms with Crippen molar-refractivity contribution < 1.29 is 0 Å². The lowest BCUT2D eigenvalue weighted by molar-refractivity contribution is 0.967. The van der Waals surface area contributed by atoms with Gasteiger partial charge in [0.15, 0.2) is 0 Å². The highest BCUT2D eigenvalue weighted by Gasteiger charge is 2.32. The first kappa shape index (κ1) is 10.7. The predicted octanol–water partition coefficient (Wildman–Crippen LogP) is 4.20. The van der Waals surface area contributed by atoms with Gasteiger partial charge in [0.1, 0.15) is 0 Å². The van der Waals surface area contributed by atoms with Gasteiger partial charge in [-0.2, -0.15) is 0 Å². The zero-order chi connectivity index (χ0) is 10.9. The molecule has 0 spiro atoms. The van der Waals surface area contributed by atoms with Crippen molar-refractivity contribution in [1.29, 1.82) is 0 Å². The van der Waals surface area contributed by atoms with Crippen molar-refractivity contribution in [2.45, 2.75) is 38.9 Å². The Morgan fingerprint density at radius 3 is 2.20 bits per heavy atom. The molecule has 0 N–H and O–H groups in total. The van der Waals surface area contributed by atoms with Crippen molar-refractivity contribution in [1.82, 2.24) is 0 Å². The molecule has 15 heavy (non-hydrogen) atoms. The summed E-state index contributed by atoms with van der Waals surface area (Å²) in [6.45, 7) is 7.37. The van der Waals surface area contributed by atoms with E-state index in [1.54, 1.807) is 5.57 Å². The van der Waals surface area contributed by atoms with E-state index in [0.29, 0.717) is 0 Å². The van der Waals surface area contributed by atoms with E-state index in [-0.39, 0.29) is 0 Å². The Hall–Kier alpha value is -0.823. The monoisotopic (exact) mass is 216 g/mol. The first-order chi connectivity index (χ1) is 7.07. The second-order valence-electron chi connectivity index (χ2n) is 5.49. The summed E-state index contributed by atoms with van der Waals surface area (Å²) >= 11 is 0. The predicted molar refractivity (Wildman–Crippen MR) is 69.8 cm³/mol. The summed E-state index contributed by atoms with van der Waals surface area (Å²) in [4.78, 5) is 0. The third-order valence-electron chi connectivity index (χ3n) is 3.16. The minimum absolute atomic E-state index is 0.945. The Morgan fingerprint density at radius 1 is 1.00 bits per heavy atom. The lowest BCUT2D eigenvalue weighted by atomic mass is 10.1. The molecule has 0 fully saturated rings. The lowest BCUT2D eigenvalue weighted by Crippen LogP contribution is -2.18. The average Bonchev–Trinajstić information content (AvgIpc) is 2.95. The summed E-state index contributed by atoms with van der Waals surface area (Å²) in [6, 6.07) is 10.8. The van der Waals surface area contributed by atoms with E-state index >= 15 is 0 Å². The molecule has 0 saturated heterocycles. The largest absolute Gasteiger partial charge is 0.0776 e. The SMILES string of the molecule is C[Si](C)(C)C1=C(CCc2ccccc2)C1. The van der Waals surface area contributed by atoms with Crippen molar-refractivity contribution in [2.75, 3.05) is 0 Å². The van der Waals surface area contributed by atoms with Crippen LogP contribution in [0.3, 0.4) is 0 Å². The third kappa shape index (κ3) is 2.82. The molecule has 0 aliphatic heterocycles. The highest BCUT2D eigenvalue weighted by atomic mass is 28.3. The van der Waals surface area contributed by atoms with Crippen LogP contribution in [0.15, 0.2) is 41.1 Å². The van der Waals surface area contributed by atoms with Crippen LogP contribution in [-0.4, -0.2) is 8.07 Å². The molecule has 1 aliphatic rings. The van der Waals surface area contributed by atoms with Gasteiger partial charge in [0, 0.05) is 0 Å². The topological polar surface area (TPSA) is 0 Å². The first-order valence-corrected chi connectivity index (χ1v) is 9.32. The molecule has 1 aliphatic carbocycles. The third-order valence-corrected chi connectivity index (χ3v) is 5.50. The number of hydrogen-bond donors (Lipinski definition) is 0. The zero-order valence-corrected chi connectivity index (χ0v) is 11.0. The first-order valence-electron chi connectivity index (χ1n) is 5.82. The maximum atomic E-state index is 2.46. The summed E-state index contributed by atoms with van der Waals surface area (Å²) in [5.41, 5.74) is 3.24. The van der Waals surface area contributed by atoms with E-state index in [1.807, 2.05) is 5.20 Å². The molecule has 1 heteroatoms. The minimum Gasteiger partial charge on any atom is -0.0776 e. The zero-order valence-electron chi connectivity index (χ0n) is 10.0. The fraction of sp³-hybridized carbons (Fsp3) is 0.429. The van der Waals surface area contributed by atoms with Crippen LogP contribution in [0.25, 0.3) is 0 Å². The second kappa shape index (κ2) is 3.97.